The Kier molecular flexibility index (Phi) is 10.6. The predicted octanol–water partition coefficient (Wildman–Crippen LogP) is 9.97. The van der Waals surface area contributed by atoms with Crippen LogP contribution in [0.25, 0.3) is 0 Å². The molecule has 0 spiro atoms. The van der Waals surface area contributed by atoms with Gasteiger partial charge in [-0.25, -0.2) is 0 Å². The lowest BCUT2D eigenvalue weighted by atomic mass is 9.40. The first-order chi connectivity index (χ1) is 24.0. The van der Waals surface area contributed by atoms with E-state index in [1.54, 1.807) is 13.8 Å². The van der Waals surface area contributed by atoms with Crippen LogP contribution in [0.2, 0.25) is 5.02 Å². The van der Waals surface area contributed by atoms with E-state index in [0.29, 0.717) is 65.5 Å². The predicted molar refractivity (Wildman–Crippen MR) is 199 cm³/mol. The maximum absolute atomic E-state index is 14.0. The summed E-state index contributed by atoms with van der Waals surface area (Å²) in [5.41, 5.74) is 2.90. The molecule has 0 N–H and O–H groups in total. The van der Waals surface area contributed by atoms with E-state index in [-0.39, 0.29) is 40.7 Å². The van der Waals surface area contributed by atoms with Gasteiger partial charge in [0.05, 0.1) is 18.9 Å². The summed E-state index contributed by atoms with van der Waals surface area (Å²) in [5, 5.41) is 9.66. The Morgan fingerprint density at radius 1 is 1.06 bits per heavy atom. The molecular weight excluding hydrogens is 660 g/mol. The van der Waals surface area contributed by atoms with Crippen LogP contribution in [0.3, 0.4) is 0 Å². The number of allylic oxidation sites excluding steroid dienone is 2. The second-order valence-corrected chi connectivity index (χ2v) is 18.8. The molecule has 2 aromatic rings. The number of aromatic nitrogens is 2. The van der Waals surface area contributed by atoms with Crippen molar-refractivity contribution in [1.82, 2.24) is 10.2 Å². The molecule has 0 saturated heterocycles. The van der Waals surface area contributed by atoms with Gasteiger partial charge in [-0.3, -0.25) is 9.59 Å². The van der Waals surface area contributed by atoms with Crippen molar-refractivity contribution in [2.45, 2.75) is 139 Å². The summed E-state index contributed by atoms with van der Waals surface area (Å²) in [4.78, 5) is 38.0. The summed E-state index contributed by atoms with van der Waals surface area (Å²) in [7, 11) is 0. The second-order valence-electron chi connectivity index (χ2n) is 18.4. The van der Waals surface area contributed by atoms with E-state index in [0.717, 1.165) is 55.9 Å². The molecule has 51 heavy (non-hydrogen) atoms. The highest BCUT2D eigenvalue weighted by Crippen LogP contribution is 2.70. The van der Waals surface area contributed by atoms with E-state index in [1.165, 1.54) is 18.4 Å². The number of hydrogen-bond donors (Lipinski definition) is 0. The number of fused-ring (bicyclic) bond motifs is 5. The SMILES string of the molecule is CC(CCC1(C)C(C)CCC2(C)C3CCC4(Cc5nnc(Cc6ccc(Cl)cc6)o5)CC(=O)C(C(C)C)=C4C3CCC12)OC(=O)CC(C)(C)C=O. The summed E-state index contributed by atoms with van der Waals surface area (Å²) in [6.45, 7) is 17.4. The summed E-state index contributed by atoms with van der Waals surface area (Å²) in [5.74, 6) is 3.47. The number of nitrogens with zero attached hydrogens (tertiary/aromatic N) is 2. The molecule has 0 amide bonds. The Bertz CT molecular complexity index is 1660. The zero-order chi connectivity index (χ0) is 36.9. The highest BCUT2D eigenvalue weighted by atomic mass is 35.5. The minimum atomic E-state index is -0.709. The fraction of sp³-hybridized carbons (Fsp3) is 0.698. The van der Waals surface area contributed by atoms with Gasteiger partial charge in [0.25, 0.3) is 0 Å². The molecule has 278 valence electrons. The maximum Gasteiger partial charge on any atom is 0.307 e. The highest BCUT2D eigenvalue weighted by molar-refractivity contribution is 6.30. The first-order valence-corrected chi connectivity index (χ1v) is 19.9. The van der Waals surface area contributed by atoms with Gasteiger partial charge in [0.2, 0.25) is 11.8 Å². The van der Waals surface area contributed by atoms with Crippen LogP contribution in [-0.4, -0.2) is 34.3 Å². The molecule has 8 heteroatoms. The fourth-order valence-electron chi connectivity index (χ4n) is 11.3. The number of hydrogen-bond acceptors (Lipinski definition) is 7. The summed E-state index contributed by atoms with van der Waals surface area (Å²) in [6.07, 6.45) is 11.0. The molecule has 0 radical (unpaired) electrons. The number of ether oxygens (including phenoxy) is 1. The van der Waals surface area contributed by atoms with Gasteiger partial charge >= 0.3 is 5.97 Å². The first-order valence-electron chi connectivity index (χ1n) is 19.5. The Morgan fingerprint density at radius 3 is 2.45 bits per heavy atom. The van der Waals surface area contributed by atoms with Crippen molar-refractivity contribution >= 4 is 29.6 Å². The van der Waals surface area contributed by atoms with Crippen LogP contribution in [0.4, 0.5) is 0 Å². The van der Waals surface area contributed by atoms with Crippen molar-refractivity contribution in [3.8, 4) is 0 Å². The van der Waals surface area contributed by atoms with E-state index >= 15 is 0 Å². The van der Waals surface area contributed by atoms with Gasteiger partial charge in [0, 0.05) is 28.7 Å². The molecule has 6 rings (SSSR count). The van der Waals surface area contributed by atoms with Crippen LogP contribution in [-0.2, 0) is 32.0 Å². The van der Waals surface area contributed by atoms with Crippen molar-refractivity contribution in [3.63, 3.8) is 0 Å². The van der Waals surface area contributed by atoms with E-state index in [9.17, 15) is 14.4 Å². The number of rotatable bonds is 12. The van der Waals surface area contributed by atoms with Crippen molar-refractivity contribution < 1.29 is 23.5 Å². The molecule has 0 bridgehead atoms. The van der Waals surface area contributed by atoms with E-state index in [4.69, 9.17) is 20.8 Å². The lowest BCUT2D eigenvalue weighted by molar-refractivity contribution is -0.155. The molecule has 8 atom stereocenters. The molecule has 8 unspecified atom stereocenters. The average molecular weight is 719 g/mol. The summed E-state index contributed by atoms with van der Waals surface area (Å²) < 4.78 is 12.1. The Hall–Kier alpha value is -2.80. The third-order valence-electron chi connectivity index (χ3n) is 14.1. The van der Waals surface area contributed by atoms with Crippen LogP contribution in [0.15, 0.2) is 39.8 Å². The third-order valence-corrected chi connectivity index (χ3v) is 14.3. The highest BCUT2D eigenvalue weighted by Gasteiger charge is 2.63. The number of carbonyl (C=O) groups excluding carboxylic acids is 3. The van der Waals surface area contributed by atoms with Crippen molar-refractivity contribution in [2.24, 2.45) is 51.2 Å². The summed E-state index contributed by atoms with van der Waals surface area (Å²) >= 11 is 6.09. The Morgan fingerprint density at radius 2 is 1.76 bits per heavy atom. The maximum atomic E-state index is 14.0. The van der Waals surface area contributed by atoms with Crippen molar-refractivity contribution in [1.29, 1.82) is 0 Å². The van der Waals surface area contributed by atoms with Gasteiger partial charge in [0.1, 0.15) is 6.29 Å². The van der Waals surface area contributed by atoms with Crippen molar-refractivity contribution in [3.05, 3.63) is 57.8 Å². The van der Waals surface area contributed by atoms with Crippen LogP contribution >= 0.6 is 11.6 Å². The van der Waals surface area contributed by atoms with Crippen LogP contribution < -0.4 is 0 Å². The van der Waals surface area contributed by atoms with Gasteiger partial charge in [-0.15, -0.1) is 10.2 Å². The average Bonchev–Trinajstić information content (AvgIpc) is 3.63. The van der Waals surface area contributed by atoms with Gasteiger partial charge in [-0.05, 0) is 122 Å². The monoisotopic (exact) mass is 718 g/mol. The number of esters is 1. The topological polar surface area (TPSA) is 99.4 Å². The number of carbonyl (C=O) groups is 3. The standard InChI is InChI=1S/C43H59ClN2O5/c1-26(2)38-33(48)22-43(23-36-46-45-35(51-36)21-29-9-11-30(44)12-10-29)20-17-32-31(39(38)43)13-14-34-41(7,27(3)15-18-42(32,34)8)19-16-28(4)50-37(49)24-40(5,6)25-47/h9-12,25-28,31-32,34H,13-24H2,1-8H3. The molecule has 4 aliphatic rings. The lowest BCUT2D eigenvalue weighted by Crippen LogP contribution is -2.57. The minimum absolute atomic E-state index is 0.105. The molecule has 4 aliphatic carbocycles. The normalized spacial score (nSPS) is 32.7. The van der Waals surface area contributed by atoms with E-state index < -0.39 is 5.41 Å². The van der Waals surface area contributed by atoms with E-state index in [2.05, 4.69) is 44.8 Å². The molecule has 3 fully saturated rings. The number of Topliss-reactive ketones (excluding diaryl/α,β-unsaturated/α-hetero) is 1. The Labute approximate surface area is 310 Å². The quantitative estimate of drug-likeness (QED) is 0.159. The third kappa shape index (κ3) is 7.27. The zero-order valence-electron chi connectivity index (χ0n) is 32.1. The molecule has 7 nitrogen and oxygen atoms in total. The van der Waals surface area contributed by atoms with Gasteiger partial charge in [0.15, 0.2) is 5.78 Å². The largest absolute Gasteiger partial charge is 0.463 e. The lowest BCUT2D eigenvalue weighted by Gasteiger charge is -2.65. The number of aldehydes is 1. The number of halogens is 1. The van der Waals surface area contributed by atoms with Gasteiger partial charge in [-0.1, -0.05) is 77.8 Å². The second kappa shape index (κ2) is 14.2. The minimum Gasteiger partial charge on any atom is -0.463 e. The van der Waals surface area contributed by atoms with Crippen LogP contribution in [0, 0.1) is 51.2 Å². The number of benzene rings is 1. The van der Waals surface area contributed by atoms with Gasteiger partial charge in [-0.2, -0.15) is 0 Å². The molecule has 0 aliphatic heterocycles. The van der Waals surface area contributed by atoms with Crippen molar-refractivity contribution in [2.75, 3.05) is 0 Å². The molecular formula is C43H59ClN2O5. The molecule has 1 heterocycles. The fourth-order valence-corrected chi connectivity index (χ4v) is 11.5. The molecule has 1 aromatic carbocycles. The van der Waals surface area contributed by atoms with E-state index in [1.807, 2.05) is 31.2 Å². The Balaban J connectivity index is 1.22. The smallest absolute Gasteiger partial charge is 0.307 e. The summed E-state index contributed by atoms with van der Waals surface area (Å²) in [6, 6.07) is 7.73. The molecule has 1 aromatic heterocycles. The first kappa shape index (κ1) is 37.9. The van der Waals surface area contributed by atoms with Crippen LogP contribution in [0.1, 0.15) is 137 Å². The van der Waals surface area contributed by atoms with Crippen LogP contribution in [0.5, 0.6) is 0 Å². The number of ketones is 1. The zero-order valence-corrected chi connectivity index (χ0v) is 32.9. The van der Waals surface area contributed by atoms with Gasteiger partial charge < -0.3 is 13.9 Å². The molecule has 3 saturated carbocycles.